The number of nitrogens with two attached hydrogens (primary N) is 2. The maximum Gasteiger partial charge on any atom is 0.249 e. The number of benzene rings is 1. The largest absolute Gasteiger partial charge is 0.366 e. The van der Waals surface area contributed by atoms with E-state index in [9.17, 15) is 9.59 Å². The first-order valence-corrected chi connectivity index (χ1v) is 4.67. The molecule has 0 aliphatic heterocycles. The van der Waals surface area contributed by atoms with Gasteiger partial charge in [-0.1, -0.05) is 26.0 Å². The van der Waals surface area contributed by atoms with Gasteiger partial charge in [0.05, 0.1) is 11.1 Å². The van der Waals surface area contributed by atoms with Crippen molar-refractivity contribution in [1.82, 2.24) is 0 Å². The molecule has 0 radical (unpaired) electrons. The minimum absolute atomic E-state index is 0.117. The summed E-state index contributed by atoms with van der Waals surface area (Å²) in [6.45, 7) is 3.85. The van der Waals surface area contributed by atoms with Crippen LogP contribution in [0.3, 0.4) is 0 Å². The van der Waals surface area contributed by atoms with Gasteiger partial charge in [-0.15, -0.1) is 0 Å². The van der Waals surface area contributed by atoms with Gasteiger partial charge in [-0.25, -0.2) is 0 Å². The highest BCUT2D eigenvalue weighted by atomic mass is 16.2. The topological polar surface area (TPSA) is 86.2 Å². The minimum Gasteiger partial charge on any atom is -0.366 e. The Morgan fingerprint density at radius 3 is 2.13 bits per heavy atom. The van der Waals surface area contributed by atoms with E-state index in [1.54, 1.807) is 12.1 Å². The Kier molecular flexibility index (Phi) is 3.09. The quantitative estimate of drug-likeness (QED) is 0.773. The molecule has 1 aromatic rings. The smallest absolute Gasteiger partial charge is 0.249 e. The summed E-state index contributed by atoms with van der Waals surface area (Å²) < 4.78 is 0. The van der Waals surface area contributed by atoms with E-state index in [0.717, 1.165) is 5.56 Å². The molecule has 0 aliphatic rings. The van der Waals surface area contributed by atoms with E-state index in [0.29, 0.717) is 0 Å². The van der Waals surface area contributed by atoms with E-state index < -0.39 is 11.8 Å². The summed E-state index contributed by atoms with van der Waals surface area (Å²) in [5, 5.41) is 0. The molecule has 0 aromatic heterocycles. The number of carbonyl (C=O) groups excluding carboxylic acids is 2. The first-order valence-electron chi connectivity index (χ1n) is 4.67. The lowest BCUT2D eigenvalue weighted by molar-refractivity contribution is 0.0966. The Bertz CT molecular complexity index is 411. The van der Waals surface area contributed by atoms with E-state index in [-0.39, 0.29) is 17.0 Å². The molecule has 4 heteroatoms. The average Bonchev–Trinajstić information content (AvgIpc) is 2.16. The molecule has 0 fully saturated rings. The summed E-state index contributed by atoms with van der Waals surface area (Å²) in [6, 6.07) is 4.98. The van der Waals surface area contributed by atoms with Gasteiger partial charge in [0.2, 0.25) is 11.8 Å². The molecule has 1 rings (SSSR count). The van der Waals surface area contributed by atoms with Crippen LogP contribution in [0.15, 0.2) is 18.2 Å². The van der Waals surface area contributed by atoms with Crippen molar-refractivity contribution in [2.75, 3.05) is 0 Å². The molecule has 0 atom stereocenters. The Hall–Kier alpha value is -1.84. The van der Waals surface area contributed by atoms with E-state index in [1.165, 1.54) is 6.07 Å². The van der Waals surface area contributed by atoms with Gasteiger partial charge in [-0.05, 0) is 17.5 Å². The molecular weight excluding hydrogens is 192 g/mol. The van der Waals surface area contributed by atoms with Crippen LogP contribution in [-0.4, -0.2) is 11.8 Å². The predicted molar refractivity (Wildman–Crippen MR) is 57.6 cm³/mol. The molecular formula is C11H14N2O2. The standard InChI is InChI=1S/C11H14N2O2/c1-6(2)7-4-3-5-8(10(12)14)9(7)11(13)15/h3-6H,1-2H3,(H2,12,14)(H2,13,15). The van der Waals surface area contributed by atoms with E-state index in [1.807, 2.05) is 13.8 Å². The molecule has 0 saturated heterocycles. The highest BCUT2D eigenvalue weighted by molar-refractivity contribution is 6.07. The number of primary amides is 2. The van der Waals surface area contributed by atoms with E-state index >= 15 is 0 Å². The molecule has 0 aliphatic carbocycles. The van der Waals surface area contributed by atoms with Crippen LogP contribution in [0, 0.1) is 0 Å². The van der Waals surface area contributed by atoms with Gasteiger partial charge in [0.25, 0.3) is 0 Å². The SMILES string of the molecule is CC(C)c1cccc(C(N)=O)c1C(N)=O. The summed E-state index contributed by atoms with van der Waals surface area (Å²) in [7, 11) is 0. The van der Waals surface area contributed by atoms with Crippen molar-refractivity contribution in [1.29, 1.82) is 0 Å². The summed E-state index contributed by atoms with van der Waals surface area (Å²) in [6.07, 6.45) is 0. The predicted octanol–water partition coefficient (Wildman–Crippen LogP) is 1.01. The Labute approximate surface area is 88.3 Å². The lowest BCUT2D eigenvalue weighted by Gasteiger charge is -2.12. The van der Waals surface area contributed by atoms with Crippen LogP contribution in [0.2, 0.25) is 0 Å². The highest BCUT2D eigenvalue weighted by Gasteiger charge is 2.18. The van der Waals surface area contributed by atoms with E-state index in [2.05, 4.69) is 0 Å². The lowest BCUT2D eigenvalue weighted by atomic mass is 9.92. The average molecular weight is 206 g/mol. The molecule has 0 heterocycles. The fourth-order valence-corrected chi connectivity index (χ4v) is 1.53. The fourth-order valence-electron chi connectivity index (χ4n) is 1.53. The summed E-state index contributed by atoms with van der Waals surface area (Å²) in [5.41, 5.74) is 11.6. The molecule has 1 aromatic carbocycles. The maximum absolute atomic E-state index is 11.3. The van der Waals surface area contributed by atoms with Crippen LogP contribution in [0.4, 0.5) is 0 Å². The lowest BCUT2D eigenvalue weighted by Crippen LogP contribution is -2.22. The molecule has 4 N–H and O–H groups in total. The Morgan fingerprint density at radius 1 is 1.13 bits per heavy atom. The van der Waals surface area contributed by atoms with Crippen LogP contribution in [-0.2, 0) is 0 Å². The molecule has 2 amide bonds. The number of hydrogen-bond acceptors (Lipinski definition) is 2. The monoisotopic (exact) mass is 206 g/mol. The second-order valence-corrected chi connectivity index (χ2v) is 3.65. The molecule has 0 bridgehead atoms. The zero-order valence-corrected chi connectivity index (χ0v) is 8.78. The third-order valence-corrected chi connectivity index (χ3v) is 2.23. The first kappa shape index (κ1) is 11.2. The van der Waals surface area contributed by atoms with Gasteiger partial charge in [0.15, 0.2) is 0 Å². The van der Waals surface area contributed by atoms with Gasteiger partial charge >= 0.3 is 0 Å². The number of carbonyl (C=O) groups is 2. The zero-order chi connectivity index (χ0) is 11.6. The van der Waals surface area contributed by atoms with Crippen LogP contribution in [0.25, 0.3) is 0 Å². The molecule has 4 nitrogen and oxygen atoms in total. The van der Waals surface area contributed by atoms with Crippen molar-refractivity contribution in [2.45, 2.75) is 19.8 Å². The van der Waals surface area contributed by atoms with Crippen molar-refractivity contribution in [3.8, 4) is 0 Å². The van der Waals surface area contributed by atoms with Crippen LogP contribution >= 0.6 is 0 Å². The van der Waals surface area contributed by atoms with Crippen molar-refractivity contribution >= 4 is 11.8 Å². The van der Waals surface area contributed by atoms with Crippen LogP contribution in [0.5, 0.6) is 0 Å². The van der Waals surface area contributed by atoms with E-state index in [4.69, 9.17) is 11.5 Å². The second-order valence-electron chi connectivity index (χ2n) is 3.65. The van der Waals surface area contributed by atoms with Crippen molar-refractivity contribution in [2.24, 2.45) is 11.5 Å². The maximum atomic E-state index is 11.3. The Morgan fingerprint density at radius 2 is 1.73 bits per heavy atom. The zero-order valence-electron chi connectivity index (χ0n) is 8.78. The minimum atomic E-state index is -0.633. The first-order chi connectivity index (χ1) is 6.95. The molecule has 15 heavy (non-hydrogen) atoms. The van der Waals surface area contributed by atoms with Gasteiger partial charge in [-0.3, -0.25) is 9.59 Å². The Balaban J connectivity index is 3.48. The van der Waals surface area contributed by atoms with Crippen molar-refractivity contribution in [3.63, 3.8) is 0 Å². The number of rotatable bonds is 3. The second kappa shape index (κ2) is 4.13. The summed E-state index contributed by atoms with van der Waals surface area (Å²) >= 11 is 0. The van der Waals surface area contributed by atoms with Gasteiger partial charge in [0, 0.05) is 0 Å². The third-order valence-electron chi connectivity index (χ3n) is 2.23. The number of hydrogen-bond donors (Lipinski definition) is 2. The molecule has 80 valence electrons. The summed E-state index contributed by atoms with van der Waals surface area (Å²) in [5.74, 6) is -1.13. The van der Waals surface area contributed by atoms with Crippen LogP contribution < -0.4 is 11.5 Å². The van der Waals surface area contributed by atoms with Gasteiger partial charge < -0.3 is 11.5 Å². The van der Waals surface area contributed by atoms with Crippen molar-refractivity contribution < 1.29 is 9.59 Å². The fraction of sp³-hybridized carbons (Fsp3) is 0.273. The van der Waals surface area contributed by atoms with Gasteiger partial charge in [0.1, 0.15) is 0 Å². The molecule has 0 unspecified atom stereocenters. The molecule has 0 saturated carbocycles. The number of amides is 2. The van der Waals surface area contributed by atoms with Crippen LogP contribution in [0.1, 0.15) is 46.0 Å². The molecule has 0 spiro atoms. The normalized spacial score (nSPS) is 10.3. The third kappa shape index (κ3) is 2.15. The highest BCUT2D eigenvalue weighted by Crippen LogP contribution is 2.22. The van der Waals surface area contributed by atoms with Gasteiger partial charge in [-0.2, -0.15) is 0 Å². The summed E-state index contributed by atoms with van der Waals surface area (Å²) in [4.78, 5) is 22.4. The van der Waals surface area contributed by atoms with Crippen molar-refractivity contribution in [3.05, 3.63) is 34.9 Å².